The average Bonchev–Trinajstić information content (AvgIpc) is 2.29. The Morgan fingerprint density at radius 3 is 3.00 bits per heavy atom. The number of nitrogens with two attached hydrogens (primary N) is 1. The van der Waals surface area contributed by atoms with Crippen LogP contribution in [-0.4, -0.2) is 34.3 Å². The lowest BCUT2D eigenvalue weighted by Crippen LogP contribution is -2.15. The van der Waals surface area contributed by atoms with Gasteiger partial charge in [-0.15, -0.1) is 0 Å². The molecule has 0 aliphatic rings. The second kappa shape index (κ2) is 5.82. The van der Waals surface area contributed by atoms with Gasteiger partial charge in [-0.2, -0.15) is 0 Å². The summed E-state index contributed by atoms with van der Waals surface area (Å²) < 4.78 is 5.22. The van der Waals surface area contributed by atoms with Crippen molar-refractivity contribution in [1.82, 2.24) is 4.98 Å². The number of hydrogen-bond donors (Lipinski definition) is 3. The second-order valence-electron chi connectivity index (χ2n) is 2.77. The fraction of sp³-hybridized carbons (Fsp3) is 0.333. The molecule has 1 heterocycles. The SMILES string of the molecule is NC(=NO)c1cccc(OCCCO)n1. The molecule has 0 aliphatic carbocycles. The average molecular weight is 211 g/mol. The van der Waals surface area contributed by atoms with Crippen LogP contribution >= 0.6 is 0 Å². The van der Waals surface area contributed by atoms with Crippen molar-refractivity contribution in [1.29, 1.82) is 0 Å². The smallest absolute Gasteiger partial charge is 0.213 e. The summed E-state index contributed by atoms with van der Waals surface area (Å²) in [5.74, 6) is 0.315. The molecule has 0 bridgehead atoms. The molecular weight excluding hydrogens is 198 g/mol. The molecule has 6 nitrogen and oxygen atoms in total. The third-order valence-electron chi connectivity index (χ3n) is 1.65. The predicted octanol–water partition coefficient (Wildman–Crippen LogP) is -0.0627. The molecule has 0 fully saturated rings. The van der Waals surface area contributed by atoms with E-state index in [1.54, 1.807) is 18.2 Å². The molecule has 0 radical (unpaired) electrons. The van der Waals surface area contributed by atoms with Crippen LogP contribution in [0, 0.1) is 0 Å². The monoisotopic (exact) mass is 211 g/mol. The van der Waals surface area contributed by atoms with Gasteiger partial charge in [0.1, 0.15) is 5.69 Å². The molecule has 6 heteroatoms. The van der Waals surface area contributed by atoms with Gasteiger partial charge in [0.2, 0.25) is 5.88 Å². The second-order valence-corrected chi connectivity index (χ2v) is 2.77. The molecule has 0 aliphatic heterocycles. The molecular formula is C9H13N3O3. The summed E-state index contributed by atoms with van der Waals surface area (Å²) in [4.78, 5) is 4.00. The number of pyridine rings is 1. The van der Waals surface area contributed by atoms with Crippen LogP contribution in [0.1, 0.15) is 12.1 Å². The standard InChI is InChI=1S/C9H13N3O3/c10-9(12-14)7-3-1-4-8(11-7)15-6-2-5-13/h1,3-4,13-14H,2,5-6H2,(H2,10,12). The topological polar surface area (TPSA) is 101 Å². The molecule has 0 atom stereocenters. The van der Waals surface area contributed by atoms with E-state index in [1.807, 2.05) is 0 Å². The van der Waals surface area contributed by atoms with Crippen molar-refractivity contribution in [2.75, 3.05) is 13.2 Å². The van der Waals surface area contributed by atoms with E-state index in [-0.39, 0.29) is 12.4 Å². The minimum atomic E-state index is -0.0670. The van der Waals surface area contributed by atoms with Crippen LogP contribution < -0.4 is 10.5 Å². The van der Waals surface area contributed by atoms with Gasteiger partial charge < -0.3 is 20.8 Å². The Bertz CT molecular complexity index is 341. The maximum Gasteiger partial charge on any atom is 0.213 e. The third-order valence-corrected chi connectivity index (χ3v) is 1.65. The Morgan fingerprint density at radius 1 is 1.53 bits per heavy atom. The van der Waals surface area contributed by atoms with Gasteiger partial charge in [-0.3, -0.25) is 0 Å². The Hall–Kier alpha value is -1.82. The molecule has 15 heavy (non-hydrogen) atoms. The van der Waals surface area contributed by atoms with E-state index in [1.165, 1.54) is 0 Å². The van der Waals surface area contributed by atoms with Crippen LogP contribution in [0.3, 0.4) is 0 Å². The van der Waals surface area contributed by atoms with Crippen molar-refractivity contribution in [2.24, 2.45) is 10.9 Å². The van der Waals surface area contributed by atoms with Gasteiger partial charge in [-0.05, 0) is 6.07 Å². The lowest BCUT2D eigenvalue weighted by molar-refractivity contribution is 0.229. The van der Waals surface area contributed by atoms with Crippen molar-refractivity contribution in [3.63, 3.8) is 0 Å². The minimum Gasteiger partial charge on any atom is -0.478 e. The van der Waals surface area contributed by atoms with Crippen molar-refractivity contribution in [3.05, 3.63) is 23.9 Å². The summed E-state index contributed by atoms with van der Waals surface area (Å²) in [6.07, 6.45) is 0.537. The van der Waals surface area contributed by atoms with E-state index in [0.29, 0.717) is 24.6 Å². The first-order valence-electron chi connectivity index (χ1n) is 4.46. The number of ether oxygens (including phenoxy) is 1. The van der Waals surface area contributed by atoms with Gasteiger partial charge in [0, 0.05) is 19.1 Å². The highest BCUT2D eigenvalue weighted by Gasteiger charge is 2.02. The normalized spacial score (nSPS) is 11.4. The summed E-state index contributed by atoms with van der Waals surface area (Å²) in [7, 11) is 0. The number of hydrogen-bond acceptors (Lipinski definition) is 5. The maximum absolute atomic E-state index is 8.55. The number of oxime groups is 1. The van der Waals surface area contributed by atoms with Gasteiger partial charge in [0.25, 0.3) is 0 Å². The van der Waals surface area contributed by atoms with Gasteiger partial charge in [-0.1, -0.05) is 11.2 Å². The van der Waals surface area contributed by atoms with Crippen molar-refractivity contribution < 1.29 is 15.1 Å². The zero-order valence-corrected chi connectivity index (χ0v) is 8.13. The van der Waals surface area contributed by atoms with Crippen LogP contribution in [0.2, 0.25) is 0 Å². The molecule has 1 aromatic rings. The highest BCUT2D eigenvalue weighted by molar-refractivity contribution is 5.95. The number of amidine groups is 1. The zero-order valence-electron chi connectivity index (χ0n) is 8.13. The molecule has 1 rings (SSSR count). The molecule has 0 amide bonds. The van der Waals surface area contributed by atoms with Gasteiger partial charge in [0.15, 0.2) is 5.84 Å². The first-order valence-corrected chi connectivity index (χ1v) is 4.46. The summed E-state index contributed by atoms with van der Waals surface area (Å²) in [5.41, 5.74) is 5.71. The molecule has 0 saturated heterocycles. The number of rotatable bonds is 5. The Kier molecular flexibility index (Phi) is 4.36. The van der Waals surface area contributed by atoms with Crippen LogP contribution in [-0.2, 0) is 0 Å². The summed E-state index contributed by atoms with van der Waals surface area (Å²) in [6.45, 7) is 0.447. The zero-order chi connectivity index (χ0) is 11.1. The van der Waals surface area contributed by atoms with Gasteiger partial charge in [-0.25, -0.2) is 4.98 Å². The van der Waals surface area contributed by atoms with Crippen molar-refractivity contribution >= 4 is 5.84 Å². The molecule has 0 aromatic carbocycles. The first-order chi connectivity index (χ1) is 7.27. The Balaban J connectivity index is 2.66. The maximum atomic E-state index is 8.55. The summed E-state index contributed by atoms with van der Waals surface area (Å²) >= 11 is 0. The quantitative estimate of drug-likeness (QED) is 0.208. The number of aliphatic hydroxyl groups excluding tert-OH is 1. The van der Waals surface area contributed by atoms with Crippen molar-refractivity contribution in [3.8, 4) is 5.88 Å². The summed E-state index contributed by atoms with van der Waals surface area (Å²) in [6, 6.07) is 4.95. The highest BCUT2D eigenvalue weighted by atomic mass is 16.5. The van der Waals surface area contributed by atoms with Gasteiger partial charge in [0.05, 0.1) is 6.61 Å². The first kappa shape index (κ1) is 11.3. The summed E-state index contributed by atoms with van der Waals surface area (Å²) in [5, 5.41) is 19.8. The molecule has 4 N–H and O–H groups in total. The lowest BCUT2D eigenvalue weighted by Gasteiger charge is -2.05. The molecule has 82 valence electrons. The van der Waals surface area contributed by atoms with Crippen LogP contribution in [0.15, 0.2) is 23.4 Å². The molecule has 0 spiro atoms. The fourth-order valence-corrected chi connectivity index (χ4v) is 0.930. The molecule has 0 unspecified atom stereocenters. The van der Waals surface area contributed by atoms with Crippen LogP contribution in [0.4, 0.5) is 0 Å². The van der Waals surface area contributed by atoms with Crippen LogP contribution in [0.25, 0.3) is 0 Å². The number of aromatic nitrogens is 1. The van der Waals surface area contributed by atoms with E-state index in [2.05, 4.69) is 10.1 Å². The minimum absolute atomic E-state index is 0.0670. The van der Waals surface area contributed by atoms with E-state index in [9.17, 15) is 0 Å². The predicted molar refractivity (Wildman–Crippen MR) is 53.9 cm³/mol. The Morgan fingerprint density at radius 2 is 2.33 bits per heavy atom. The van der Waals surface area contributed by atoms with E-state index >= 15 is 0 Å². The molecule has 1 aromatic heterocycles. The van der Waals surface area contributed by atoms with E-state index < -0.39 is 0 Å². The molecule has 0 saturated carbocycles. The fourth-order valence-electron chi connectivity index (χ4n) is 0.930. The van der Waals surface area contributed by atoms with Gasteiger partial charge >= 0.3 is 0 Å². The lowest BCUT2D eigenvalue weighted by atomic mass is 10.3. The Labute approximate surface area is 87.0 Å². The number of aliphatic hydroxyl groups is 1. The van der Waals surface area contributed by atoms with Crippen molar-refractivity contribution in [2.45, 2.75) is 6.42 Å². The van der Waals surface area contributed by atoms with Crippen LogP contribution in [0.5, 0.6) is 5.88 Å². The highest BCUT2D eigenvalue weighted by Crippen LogP contribution is 2.07. The van der Waals surface area contributed by atoms with E-state index in [4.69, 9.17) is 20.8 Å². The number of nitrogens with zero attached hydrogens (tertiary/aromatic N) is 2. The van der Waals surface area contributed by atoms with E-state index in [0.717, 1.165) is 0 Å². The largest absolute Gasteiger partial charge is 0.478 e. The third kappa shape index (κ3) is 3.43.